The number of carbonyl (C=O) groups excluding carboxylic acids is 1. The molecule has 1 heterocycles. The maximum Gasteiger partial charge on any atom is 0.154 e. The third-order valence-corrected chi connectivity index (χ3v) is 4.65. The minimum absolute atomic E-state index is 0.527. The highest BCUT2D eigenvalue weighted by Crippen LogP contribution is 2.29. The van der Waals surface area contributed by atoms with Gasteiger partial charge in [0.1, 0.15) is 5.75 Å². The van der Waals surface area contributed by atoms with Crippen molar-refractivity contribution >= 4 is 34.5 Å². The van der Waals surface area contributed by atoms with Gasteiger partial charge in [0.05, 0.1) is 34.6 Å². The Morgan fingerprint density at radius 1 is 1.19 bits per heavy atom. The average molecular weight is 384 g/mol. The van der Waals surface area contributed by atoms with Crippen LogP contribution in [0.2, 0.25) is 5.02 Å². The van der Waals surface area contributed by atoms with Crippen LogP contribution in [0.1, 0.15) is 28.5 Å². The predicted octanol–water partition coefficient (Wildman–Crippen LogP) is 4.43. The Morgan fingerprint density at radius 2 is 2.00 bits per heavy atom. The van der Waals surface area contributed by atoms with E-state index in [0.717, 1.165) is 40.7 Å². The van der Waals surface area contributed by atoms with Crippen molar-refractivity contribution in [2.24, 2.45) is 0 Å². The number of anilines is 1. The molecule has 0 saturated carbocycles. The number of nitrogens with one attached hydrogen (secondary N) is 2. The van der Waals surface area contributed by atoms with Gasteiger partial charge in [-0.1, -0.05) is 42.8 Å². The van der Waals surface area contributed by atoms with Gasteiger partial charge in [0.15, 0.2) is 6.29 Å². The molecule has 0 saturated heterocycles. The fraction of sp³-hybridized carbons (Fsp3) is 0.238. The number of hydrogen-bond acceptors (Lipinski definition) is 5. The van der Waals surface area contributed by atoms with Crippen molar-refractivity contribution in [1.29, 1.82) is 0 Å². The Morgan fingerprint density at radius 3 is 2.70 bits per heavy atom. The predicted molar refractivity (Wildman–Crippen MR) is 110 cm³/mol. The molecule has 27 heavy (non-hydrogen) atoms. The third kappa shape index (κ3) is 4.21. The van der Waals surface area contributed by atoms with E-state index in [4.69, 9.17) is 16.3 Å². The number of halogens is 1. The lowest BCUT2D eigenvalue weighted by Gasteiger charge is -2.16. The van der Waals surface area contributed by atoms with Crippen LogP contribution in [-0.2, 0) is 13.1 Å². The van der Waals surface area contributed by atoms with Crippen LogP contribution in [0.4, 0.5) is 5.69 Å². The molecule has 0 unspecified atom stereocenters. The molecule has 0 aliphatic carbocycles. The van der Waals surface area contributed by atoms with E-state index in [2.05, 4.69) is 15.6 Å². The summed E-state index contributed by atoms with van der Waals surface area (Å²) in [6, 6.07) is 13.4. The summed E-state index contributed by atoms with van der Waals surface area (Å²) in [5, 5.41) is 8.12. The number of aldehydes is 1. The molecule has 0 spiro atoms. The number of ether oxygens (including phenoxy) is 1. The Hall–Kier alpha value is -2.63. The highest BCUT2D eigenvalue weighted by molar-refractivity contribution is 6.32. The molecule has 3 aromatic rings. The molecule has 5 nitrogen and oxygen atoms in total. The van der Waals surface area contributed by atoms with Gasteiger partial charge in [-0.15, -0.1) is 0 Å². The van der Waals surface area contributed by atoms with Crippen LogP contribution in [-0.4, -0.2) is 24.9 Å². The molecule has 2 N–H and O–H groups in total. The molecule has 2 aromatic carbocycles. The fourth-order valence-electron chi connectivity index (χ4n) is 2.98. The number of carbonyl (C=O) groups is 1. The lowest BCUT2D eigenvalue weighted by molar-refractivity contribution is 0.112. The van der Waals surface area contributed by atoms with Crippen LogP contribution in [0.25, 0.3) is 10.9 Å². The Bertz CT molecular complexity index is 960. The summed E-state index contributed by atoms with van der Waals surface area (Å²) >= 11 is 6.22. The van der Waals surface area contributed by atoms with E-state index >= 15 is 0 Å². The van der Waals surface area contributed by atoms with E-state index in [0.29, 0.717) is 29.4 Å². The van der Waals surface area contributed by atoms with Crippen LogP contribution in [0.3, 0.4) is 0 Å². The molecule has 0 aliphatic heterocycles. The second-order valence-corrected chi connectivity index (χ2v) is 6.49. The number of nitrogens with zero attached hydrogens (tertiary/aromatic N) is 1. The maximum absolute atomic E-state index is 11.9. The van der Waals surface area contributed by atoms with E-state index in [1.165, 1.54) is 0 Å². The minimum atomic E-state index is 0.527. The quantitative estimate of drug-likeness (QED) is 0.563. The molecule has 1 aromatic heterocycles. The molecule has 3 rings (SSSR count). The number of methoxy groups -OCH3 is 1. The second-order valence-electron chi connectivity index (χ2n) is 6.08. The van der Waals surface area contributed by atoms with Crippen molar-refractivity contribution in [2.45, 2.75) is 20.0 Å². The van der Waals surface area contributed by atoms with Gasteiger partial charge in [-0.05, 0) is 30.3 Å². The molecule has 0 radical (unpaired) electrons. The summed E-state index contributed by atoms with van der Waals surface area (Å²) in [7, 11) is 1.59. The van der Waals surface area contributed by atoms with Crippen LogP contribution in [0, 0.1) is 0 Å². The smallest absolute Gasteiger partial charge is 0.154 e. The van der Waals surface area contributed by atoms with E-state index < -0.39 is 0 Å². The van der Waals surface area contributed by atoms with Crippen molar-refractivity contribution < 1.29 is 9.53 Å². The number of hydrogen-bond donors (Lipinski definition) is 2. The van der Waals surface area contributed by atoms with Crippen molar-refractivity contribution in [1.82, 2.24) is 10.3 Å². The van der Waals surface area contributed by atoms with Gasteiger partial charge in [0, 0.05) is 18.5 Å². The summed E-state index contributed by atoms with van der Waals surface area (Å²) in [6.07, 6.45) is 0.870. The summed E-state index contributed by atoms with van der Waals surface area (Å²) in [6.45, 7) is 3.89. The molecule has 140 valence electrons. The minimum Gasteiger partial charge on any atom is -0.495 e. The zero-order valence-electron chi connectivity index (χ0n) is 15.4. The van der Waals surface area contributed by atoms with Gasteiger partial charge in [0.2, 0.25) is 0 Å². The van der Waals surface area contributed by atoms with E-state index in [-0.39, 0.29) is 0 Å². The number of benzene rings is 2. The van der Waals surface area contributed by atoms with Crippen molar-refractivity contribution in [2.75, 3.05) is 19.0 Å². The Kier molecular flexibility index (Phi) is 6.27. The first-order valence-electron chi connectivity index (χ1n) is 8.81. The largest absolute Gasteiger partial charge is 0.495 e. The zero-order chi connectivity index (χ0) is 19.2. The SMILES string of the molecule is CCNCc1nc2ccccc2c(NCc2ccc(OC)c(Cl)c2)c1C=O. The Balaban J connectivity index is 1.98. The van der Waals surface area contributed by atoms with Crippen molar-refractivity contribution in [3.05, 3.63) is 64.3 Å². The highest BCUT2D eigenvalue weighted by Gasteiger charge is 2.14. The second kappa shape index (κ2) is 8.84. The third-order valence-electron chi connectivity index (χ3n) is 4.35. The standard InChI is InChI=1S/C21H22ClN3O2/c1-3-23-12-19-16(13-26)21(15-6-4-5-7-18(15)25-19)24-11-14-8-9-20(27-2)17(22)10-14/h4-10,13,23H,3,11-12H2,1-2H3,(H,24,25). The van der Waals surface area contributed by atoms with Gasteiger partial charge >= 0.3 is 0 Å². The van der Waals surface area contributed by atoms with Crippen molar-refractivity contribution in [3.63, 3.8) is 0 Å². The summed E-state index contributed by atoms with van der Waals surface area (Å²) < 4.78 is 5.20. The summed E-state index contributed by atoms with van der Waals surface area (Å²) in [4.78, 5) is 16.5. The van der Waals surface area contributed by atoms with Crippen molar-refractivity contribution in [3.8, 4) is 5.75 Å². The lowest BCUT2D eigenvalue weighted by atomic mass is 10.1. The van der Waals surface area contributed by atoms with E-state index in [9.17, 15) is 4.79 Å². The molecular formula is C21H22ClN3O2. The van der Waals surface area contributed by atoms with Crippen LogP contribution < -0.4 is 15.4 Å². The monoisotopic (exact) mass is 383 g/mol. The van der Waals surface area contributed by atoms with Crippen LogP contribution in [0.5, 0.6) is 5.75 Å². The first-order valence-corrected chi connectivity index (χ1v) is 9.19. The van der Waals surface area contributed by atoms with Gasteiger partial charge in [-0.3, -0.25) is 9.78 Å². The van der Waals surface area contributed by atoms with Crippen LogP contribution in [0.15, 0.2) is 42.5 Å². The number of aromatic nitrogens is 1. The Labute approximate surface area is 163 Å². The molecule has 0 bridgehead atoms. The number of fused-ring (bicyclic) bond motifs is 1. The fourth-order valence-corrected chi connectivity index (χ4v) is 3.26. The topological polar surface area (TPSA) is 63.3 Å². The average Bonchev–Trinajstić information content (AvgIpc) is 2.70. The summed E-state index contributed by atoms with van der Waals surface area (Å²) in [5.41, 5.74) is 3.95. The van der Waals surface area contributed by atoms with Gasteiger partial charge in [0.25, 0.3) is 0 Å². The van der Waals surface area contributed by atoms with Gasteiger partial charge in [-0.2, -0.15) is 0 Å². The molecule has 6 heteroatoms. The van der Waals surface area contributed by atoms with E-state index in [1.54, 1.807) is 7.11 Å². The van der Waals surface area contributed by atoms with Gasteiger partial charge in [-0.25, -0.2) is 0 Å². The van der Waals surface area contributed by atoms with E-state index in [1.807, 2.05) is 49.4 Å². The summed E-state index contributed by atoms with van der Waals surface area (Å²) in [5.74, 6) is 0.635. The highest BCUT2D eigenvalue weighted by atomic mass is 35.5. The molecule has 0 aliphatic rings. The number of pyridine rings is 1. The number of rotatable bonds is 8. The molecule has 0 atom stereocenters. The first-order chi connectivity index (χ1) is 13.2. The maximum atomic E-state index is 11.9. The lowest BCUT2D eigenvalue weighted by Crippen LogP contribution is -2.16. The first kappa shape index (κ1) is 19.1. The molecular weight excluding hydrogens is 362 g/mol. The molecule has 0 amide bonds. The zero-order valence-corrected chi connectivity index (χ0v) is 16.1. The van der Waals surface area contributed by atoms with Gasteiger partial charge < -0.3 is 15.4 Å². The number of para-hydroxylation sites is 1. The van der Waals surface area contributed by atoms with Crippen LogP contribution >= 0.6 is 11.6 Å². The molecule has 0 fully saturated rings. The normalized spacial score (nSPS) is 10.8.